The summed E-state index contributed by atoms with van der Waals surface area (Å²) >= 11 is 13.4. The highest BCUT2D eigenvalue weighted by molar-refractivity contribution is 7.12. The highest BCUT2D eigenvalue weighted by Crippen LogP contribution is 2.31. The molecule has 1 heterocycles. The summed E-state index contributed by atoms with van der Waals surface area (Å²) in [6, 6.07) is 13.7. The summed E-state index contributed by atoms with van der Waals surface area (Å²) < 4.78 is 5.52. The maximum absolute atomic E-state index is 12.1. The van der Waals surface area contributed by atoms with Crippen LogP contribution in [0.25, 0.3) is 0 Å². The van der Waals surface area contributed by atoms with E-state index in [1.165, 1.54) is 11.3 Å². The molecular formula is C20H16Cl2N2O3S. The van der Waals surface area contributed by atoms with Gasteiger partial charge in [-0.1, -0.05) is 29.3 Å². The number of hydrogen-bond donors (Lipinski definition) is 2. The van der Waals surface area contributed by atoms with Crippen LogP contribution in [0.3, 0.4) is 0 Å². The Morgan fingerprint density at radius 1 is 1.04 bits per heavy atom. The Morgan fingerprint density at radius 3 is 2.32 bits per heavy atom. The van der Waals surface area contributed by atoms with Crippen LogP contribution in [-0.4, -0.2) is 18.4 Å². The molecule has 3 aromatic rings. The van der Waals surface area contributed by atoms with Crippen molar-refractivity contribution in [3.05, 3.63) is 74.4 Å². The summed E-state index contributed by atoms with van der Waals surface area (Å²) in [5, 5.41) is 8.22. The first-order chi connectivity index (χ1) is 13.4. The van der Waals surface area contributed by atoms with Crippen LogP contribution in [0.4, 0.5) is 11.4 Å². The Morgan fingerprint density at radius 2 is 1.71 bits per heavy atom. The largest absolute Gasteiger partial charge is 0.482 e. The molecule has 0 bridgehead atoms. The van der Waals surface area contributed by atoms with Gasteiger partial charge in [0, 0.05) is 16.4 Å². The monoisotopic (exact) mass is 434 g/mol. The number of amides is 2. The number of carbonyl (C=O) groups excluding carboxylic acids is 2. The van der Waals surface area contributed by atoms with Crippen molar-refractivity contribution in [3.63, 3.8) is 0 Å². The van der Waals surface area contributed by atoms with Gasteiger partial charge < -0.3 is 15.4 Å². The lowest BCUT2D eigenvalue weighted by Gasteiger charge is -2.12. The Hall–Kier alpha value is -2.54. The second-order valence-electron chi connectivity index (χ2n) is 5.88. The van der Waals surface area contributed by atoms with Gasteiger partial charge in [-0.2, -0.15) is 0 Å². The normalized spacial score (nSPS) is 10.4. The first kappa shape index (κ1) is 20.2. The molecule has 2 aromatic carbocycles. The molecule has 8 heteroatoms. The molecule has 0 aliphatic heterocycles. The molecule has 0 atom stereocenters. The van der Waals surface area contributed by atoms with Crippen LogP contribution in [0.15, 0.2) is 53.9 Å². The smallest absolute Gasteiger partial charge is 0.265 e. The zero-order valence-corrected chi connectivity index (χ0v) is 17.1. The average Bonchev–Trinajstić information content (AvgIpc) is 3.17. The maximum Gasteiger partial charge on any atom is 0.265 e. The number of hydrogen-bond acceptors (Lipinski definition) is 4. The number of nitrogens with one attached hydrogen (secondary N) is 2. The average molecular weight is 435 g/mol. The molecule has 144 valence electrons. The minimum Gasteiger partial charge on any atom is -0.482 e. The zero-order valence-electron chi connectivity index (χ0n) is 14.8. The number of rotatable bonds is 6. The minimum absolute atomic E-state index is 0.171. The number of aryl methyl sites for hydroxylation is 1. The van der Waals surface area contributed by atoms with Crippen molar-refractivity contribution in [2.24, 2.45) is 0 Å². The molecule has 0 fully saturated rings. The number of halogens is 2. The van der Waals surface area contributed by atoms with Gasteiger partial charge in [0.1, 0.15) is 5.75 Å². The fourth-order valence-electron chi connectivity index (χ4n) is 2.44. The Bertz CT molecular complexity index is 966. The van der Waals surface area contributed by atoms with Crippen molar-refractivity contribution >= 4 is 57.7 Å². The highest BCUT2D eigenvalue weighted by Gasteiger charge is 2.11. The molecule has 0 spiro atoms. The third-order valence-electron chi connectivity index (χ3n) is 3.71. The molecule has 0 radical (unpaired) electrons. The van der Waals surface area contributed by atoms with Gasteiger partial charge in [0.2, 0.25) is 0 Å². The van der Waals surface area contributed by atoms with Crippen LogP contribution in [0.2, 0.25) is 10.0 Å². The molecule has 2 amide bonds. The van der Waals surface area contributed by atoms with Crippen LogP contribution in [0.5, 0.6) is 5.75 Å². The number of ether oxygens (including phenoxy) is 1. The number of thiophene rings is 1. The summed E-state index contributed by atoms with van der Waals surface area (Å²) in [4.78, 5) is 24.8. The van der Waals surface area contributed by atoms with Crippen LogP contribution in [0, 0.1) is 6.92 Å². The van der Waals surface area contributed by atoms with Crippen LogP contribution < -0.4 is 15.4 Å². The van der Waals surface area contributed by atoms with Gasteiger partial charge in [0.25, 0.3) is 11.8 Å². The van der Waals surface area contributed by atoms with E-state index in [0.29, 0.717) is 32.0 Å². The first-order valence-electron chi connectivity index (χ1n) is 8.25. The highest BCUT2D eigenvalue weighted by atomic mass is 35.5. The lowest BCUT2D eigenvalue weighted by molar-refractivity contribution is -0.118. The van der Waals surface area contributed by atoms with Crippen LogP contribution >= 0.6 is 34.5 Å². The van der Waals surface area contributed by atoms with E-state index in [1.807, 2.05) is 11.4 Å². The third-order valence-corrected chi connectivity index (χ3v) is 5.08. The van der Waals surface area contributed by atoms with Crippen LogP contribution in [-0.2, 0) is 4.79 Å². The maximum atomic E-state index is 12.1. The molecule has 5 nitrogen and oxygen atoms in total. The Kier molecular flexibility index (Phi) is 6.57. The quantitative estimate of drug-likeness (QED) is 0.527. The van der Waals surface area contributed by atoms with Crippen LogP contribution in [0.1, 0.15) is 15.2 Å². The van der Waals surface area contributed by atoms with Gasteiger partial charge >= 0.3 is 0 Å². The summed E-state index contributed by atoms with van der Waals surface area (Å²) in [5.41, 5.74) is 1.97. The molecule has 2 N–H and O–H groups in total. The van der Waals surface area contributed by atoms with Crippen molar-refractivity contribution in [3.8, 4) is 5.75 Å². The Labute approximate surface area is 176 Å². The topological polar surface area (TPSA) is 67.4 Å². The Balaban J connectivity index is 1.54. The third kappa shape index (κ3) is 5.25. The fraction of sp³-hybridized carbons (Fsp3) is 0.100. The molecule has 1 aromatic heterocycles. The second kappa shape index (κ2) is 9.10. The lowest BCUT2D eigenvalue weighted by Crippen LogP contribution is -2.20. The number of benzene rings is 2. The second-order valence-corrected chi connectivity index (χ2v) is 7.67. The van der Waals surface area contributed by atoms with Crippen molar-refractivity contribution in [2.45, 2.75) is 6.92 Å². The van der Waals surface area contributed by atoms with E-state index < -0.39 is 0 Å². The number of anilines is 2. The SMILES string of the molecule is Cc1cc(Cl)cc(Cl)c1OCC(=O)Nc1ccc(NC(=O)c2cccs2)cc1. The van der Waals surface area contributed by atoms with Gasteiger partial charge in [0.05, 0.1) is 9.90 Å². The molecule has 0 aliphatic carbocycles. The standard InChI is InChI=1S/C20H16Cl2N2O3S/c1-12-9-13(21)10-16(22)19(12)27-11-18(25)23-14-4-6-15(7-5-14)24-20(26)17-3-2-8-28-17/h2-10H,11H2,1H3,(H,23,25)(H,24,26). The number of carbonyl (C=O) groups is 2. The van der Waals surface area contributed by atoms with E-state index in [2.05, 4.69) is 10.6 Å². The van der Waals surface area contributed by atoms with Crippen molar-refractivity contribution < 1.29 is 14.3 Å². The molecule has 0 saturated carbocycles. The van der Waals surface area contributed by atoms with Gasteiger partial charge in [-0.25, -0.2) is 0 Å². The van der Waals surface area contributed by atoms with E-state index in [9.17, 15) is 9.59 Å². The van der Waals surface area contributed by atoms with Crippen molar-refractivity contribution in [1.29, 1.82) is 0 Å². The predicted molar refractivity (Wildman–Crippen MR) is 114 cm³/mol. The van der Waals surface area contributed by atoms with Gasteiger partial charge in [-0.3, -0.25) is 9.59 Å². The fourth-order valence-corrected chi connectivity index (χ4v) is 3.71. The molecule has 3 rings (SSSR count). The van der Waals surface area contributed by atoms with Gasteiger partial charge in [0.15, 0.2) is 6.61 Å². The van der Waals surface area contributed by atoms with Gasteiger partial charge in [-0.05, 0) is 60.3 Å². The van der Waals surface area contributed by atoms with E-state index in [-0.39, 0.29) is 18.4 Å². The van der Waals surface area contributed by atoms with Crippen molar-refractivity contribution in [2.75, 3.05) is 17.2 Å². The van der Waals surface area contributed by atoms with Crippen molar-refractivity contribution in [1.82, 2.24) is 0 Å². The van der Waals surface area contributed by atoms with Gasteiger partial charge in [-0.15, -0.1) is 11.3 Å². The van der Waals surface area contributed by atoms with E-state index in [0.717, 1.165) is 5.56 Å². The minimum atomic E-state index is -0.333. The summed E-state index contributed by atoms with van der Waals surface area (Å²) in [7, 11) is 0. The van der Waals surface area contributed by atoms with E-state index >= 15 is 0 Å². The summed E-state index contributed by atoms with van der Waals surface area (Å²) in [6.45, 7) is 1.60. The first-order valence-corrected chi connectivity index (χ1v) is 9.89. The lowest BCUT2D eigenvalue weighted by atomic mass is 10.2. The zero-order chi connectivity index (χ0) is 20.1. The molecular weight excluding hydrogens is 419 g/mol. The molecule has 0 aliphatic rings. The summed E-state index contributed by atoms with van der Waals surface area (Å²) in [6.07, 6.45) is 0. The molecule has 0 unspecified atom stereocenters. The van der Waals surface area contributed by atoms with E-state index in [4.69, 9.17) is 27.9 Å². The van der Waals surface area contributed by atoms with E-state index in [1.54, 1.807) is 49.4 Å². The summed E-state index contributed by atoms with van der Waals surface area (Å²) in [5.74, 6) is -0.0796. The molecule has 0 saturated heterocycles. The molecule has 28 heavy (non-hydrogen) atoms. The predicted octanol–water partition coefficient (Wildman–Crippen LogP) is 5.63.